The van der Waals surface area contributed by atoms with Crippen LogP contribution in [0.2, 0.25) is 0 Å². The van der Waals surface area contributed by atoms with E-state index in [0.29, 0.717) is 12.8 Å². The lowest BCUT2D eigenvalue weighted by Gasteiger charge is -2.20. The van der Waals surface area contributed by atoms with Crippen LogP contribution < -0.4 is 0 Å². The molecule has 4 rings (SSSR count). The van der Waals surface area contributed by atoms with Gasteiger partial charge in [0.15, 0.2) is 0 Å². The van der Waals surface area contributed by atoms with Crippen molar-refractivity contribution in [2.24, 2.45) is 7.05 Å². The van der Waals surface area contributed by atoms with Crippen LogP contribution in [-0.2, 0) is 31.1 Å². The molecular formula is C21H23N5O. The third kappa shape index (κ3) is 3.74. The van der Waals surface area contributed by atoms with Crippen LogP contribution in [0.5, 0.6) is 0 Å². The number of benzene rings is 1. The molecule has 0 atom stereocenters. The van der Waals surface area contributed by atoms with E-state index in [1.54, 1.807) is 18.6 Å². The van der Waals surface area contributed by atoms with Crippen molar-refractivity contribution in [1.82, 2.24) is 24.6 Å². The minimum Gasteiger partial charge on any atom is -0.342 e. The topological polar surface area (TPSA) is 63.9 Å². The van der Waals surface area contributed by atoms with E-state index in [0.717, 1.165) is 37.3 Å². The minimum atomic E-state index is 0.177. The third-order valence-electron chi connectivity index (χ3n) is 5.09. The quantitative estimate of drug-likeness (QED) is 0.716. The fourth-order valence-electron chi connectivity index (χ4n) is 3.75. The molecular weight excluding hydrogens is 338 g/mol. The third-order valence-corrected chi connectivity index (χ3v) is 5.09. The minimum absolute atomic E-state index is 0.177. The Bertz CT molecular complexity index is 921. The van der Waals surface area contributed by atoms with Crippen LogP contribution in [0, 0.1) is 0 Å². The maximum Gasteiger partial charge on any atom is 0.222 e. The Morgan fingerprint density at radius 2 is 1.93 bits per heavy atom. The zero-order valence-electron chi connectivity index (χ0n) is 15.5. The van der Waals surface area contributed by atoms with Crippen molar-refractivity contribution in [3.05, 3.63) is 65.9 Å². The molecule has 6 nitrogen and oxygen atoms in total. The lowest BCUT2D eigenvalue weighted by Crippen LogP contribution is -2.33. The van der Waals surface area contributed by atoms with E-state index in [4.69, 9.17) is 5.10 Å². The SMILES string of the molecule is Cn1nc2c(c1-c1ccccc1)CCN(C(=O)CCc1cnccn1)CC2. The smallest absolute Gasteiger partial charge is 0.222 e. The first-order valence-corrected chi connectivity index (χ1v) is 9.35. The van der Waals surface area contributed by atoms with Crippen LogP contribution in [-0.4, -0.2) is 43.6 Å². The van der Waals surface area contributed by atoms with Crippen molar-refractivity contribution in [2.75, 3.05) is 13.1 Å². The molecule has 27 heavy (non-hydrogen) atoms. The summed E-state index contributed by atoms with van der Waals surface area (Å²) in [5.41, 5.74) is 5.58. The number of rotatable bonds is 4. The van der Waals surface area contributed by atoms with Crippen LogP contribution in [0.1, 0.15) is 23.4 Å². The molecule has 3 aromatic rings. The lowest BCUT2D eigenvalue weighted by atomic mass is 10.0. The molecule has 6 heteroatoms. The molecule has 0 fully saturated rings. The molecule has 0 unspecified atom stereocenters. The fraction of sp³-hybridized carbons (Fsp3) is 0.333. The van der Waals surface area contributed by atoms with Gasteiger partial charge in [0.1, 0.15) is 0 Å². The highest BCUT2D eigenvalue weighted by Gasteiger charge is 2.24. The number of fused-ring (bicyclic) bond motifs is 1. The van der Waals surface area contributed by atoms with Gasteiger partial charge in [0.2, 0.25) is 5.91 Å². The molecule has 0 radical (unpaired) electrons. The molecule has 0 saturated heterocycles. The summed E-state index contributed by atoms with van der Waals surface area (Å²) in [6.07, 6.45) is 7.77. The van der Waals surface area contributed by atoms with E-state index in [2.05, 4.69) is 22.1 Å². The predicted octanol–water partition coefficient (Wildman–Crippen LogP) is 2.44. The zero-order chi connectivity index (χ0) is 18.6. The molecule has 1 amide bonds. The van der Waals surface area contributed by atoms with Gasteiger partial charge in [-0.3, -0.25) is 19.4 Å². The van der Waals surface area contributed by atoms with Gasteiger partial charge in [-0.2, -0.15) is 5.10 Å². The van der Waals surface area contributed by atoms with E-state index >= 15 is 0 Å². The molecule has 2 aromatic heterocycles. The molecule has 3 heterocycles. The van der Waals surface area contributed by atoms with Gasteiger partial charge in [0.25, 0.3) is 0 Å². The normalized spacial score (nSPS) is 13.9. The summed E-state index contributed by atoms with van der Waals surface area (Å²) in [7, 11) is 2.00. The van der Waals surface area contributed by atoms with Gasteiger partial charge in [0, 0.05) is 62.7 Å². The Morgan fingerprint density at radius 3 is 2.70 bits per heavy atom. The second-order valence-corrected chi connectivity index (χ2v) is 6.84. The molecule has 0 spiro atoms. The second-order valence-electron chi connectivity index (χ2n) is 6.84. The number of amides is 1. The lowest BCUT2D eigenvalue weighted by molar-refractivity contribution is -0.131. The highest BCUT2D eigenvalue weighted by atomic mass is 16.2. The Morgan fingerprint density at radius 1 is 1.11 bits per heavy atom. The van der Waals surface area contributed by atoms with Crippen molar-refractivity contribution in [2.45, 2.75) is 25.7 Å². The number of carbonyl (C=O) groups excluding carboxylic acids is 1. The van der Waals surface area contributed by atoms with Crippen LogP contribution in [0.15, 0.2) is 48.9 Å². The van der Waals surface area contributed by atoms with E-state index in [9.17, 15) is 4.79 Å². The van der Waals surface area contributed by atoms with Gasteiger partial charge < -0.3 is 4.90 Å². The standard InChI is InChI=1S/C21H23N5O/c1-25-21(16-5-3-2-4-6-16)18-9-13-26(14-10-19(18)24-25)20(27)8-7-17-15-22-11-12-23-17/h2-6,11-12,15H,7-10,13-14H2,1H3. The first-order chi connectivity index (χ1) is 13.2. The first-order valence-electron chi connectivity index (χ1n) is 9.35. The van der Waals surface area contributed by atoms with Crippen LogP contribution in [0.3, 0.4) is 0 Å². The number of aryl methyl sites for hydroxylation is 2. The molecule has 1 aliphatic rings. The average molecular weight is 361 g/mol. The number of hydrogen-bond donors (Lipinski definition) is 0. The molecule has 0 bridgehead atoms. The number of aromatic nitrogens is 4. The van der Waals surface area contributed by atoms with Crippen LogP contribution >= 0.6 is 0 Å². The number of carbonyl (C=O) groups is 1. The Labute approximate surface area is 158 Å². The molecule has 1 aromatic carbocycles. The number of hydrogen-bond acceptors (Lipinski definition) is 4. The molecule has 0 saturated carbocycles. The maximum atomic E-state index is 12.7. The first kappa shape index (κ1) is 17.4. The predicted molar refractivity (Wildman–Crippen MR) is 103 cm³/mol. The van der Waals surface area contributed by atoms with Gasteiger partial charge in [-0.05, 0) is 12.8 Å². The summed E-state index contributed by atoms with van der Waals surface area (Å²) in [4.78, 5) is 22.9. The Kier molecular flexibility index (Phi) is 4.96. The fourth-order valence-corrected chi connectivity index (χ4v) is 3.75. The van der Waals surface area contributed by atoms with Crippen molar-refractivity contribution in [1.29, 1.82) is 0 Å². The summed E-state index contributed by atoms with van der Waals surface area (Å²) in [5, 5.41) is 4.74. The summed E-state index contributed by atoms with van der Waals surface area (Å²) in [5.74, 6) is 0.177. The highest BCUT2D eigenvalue weighted by Crippen LogP contribution is 2.28. The van der Waals surface area contributed by atoms with Gasteiger partial charge in [0.05, 0.1) is 17.1 Å². The molecule has 0 N–H and O–H groups in total. The van der Waals surface area contributed by atoms with Gasteiger partial charge in [-0.1, -0.05) is 30.3 Å². The van der Waals surface area contributed by atoms with Gasteiger partial charge in [-0.25, -0.2) is 0 Å². The van der Waals surface area contributed by atoms with Crippen molar-refractivity contribution < 1.29 is 4.79 Å². The zero-order valence-corrected chi connectivity index (χ0v) is 15.5. The van der Waals surface area contributed by atoms with Crippen LogP contribution in [0.25, 0.3) is 11.3 Å². The van der Waals surface area contributed by atoms with Gasteiger partial charge in [-0.15, -0.1) is 0 Å². The van der Waals surface area contributed by atoms with Gasteiger partial charge >= 0.3 is 0 Å². The number of nitrogens with zero attached hydrogens (tertiary/aromatic N) is 5. The Balaban J connectivity index is 1.46. The van der Waals surface area contributed by atoms with E-state index in [1.807, 2.05) is 34.8 Å². The van der Waals surface area contributed by atoms with Crippen LogP contribution in [0.4, 0.5) is 0 Å². The molecule has 1 aliphatic heterocycles. The highest BCUT2D eigenvalue weighted by molar-refractivity contribution is 5.76. The van der Waals surface area contributed by atoms with E-state index in [1.165, 1.54) is 16.8 Å². The second kappa shape index (κ2) is 7.70. The summed E-state index contributed by atoms with van der Waals surface area (Å²) in [6.45, 7) is 1.45. The average Bonchev–Trinajstić information content (AvgIpc) is 2.88. The van der Waals surface area contributed by atoms with E-state index in [-0.39, 0.29) is 5.91 Å². The summed E-state index contributed by atoms with van der Waals surface area (Å²) in [6, 6.07) is 10.4. The summed E-state index contributed by atoms with van der Waals surface area (Å²) < 4.78 is 1.98. The Hall–Kier alpha value is -3.02. The largest absolute Gasteiger partial charge is 0.342 e. The van der Waals surface area contributed by atoms with Crippen molar-refractivity contribution in [3.8, 4) is 11.3 Å². The molecule has 138 valence electrons. The monoisotopic (exact) mass is 361 g/mol. The maximum absolute atomic E-state index is 12.7. The summed E-state index contributed by atoms with van der Waals surface area (Å²) >= 11 is 0. The van der Waals surface area contributed by atoms with E-state index < -0.39 is 0 Å². The van der Waals surface area contributed by atoms with Crippen molar-refractivity contribution in [3.63, 3.8) is 0 Å². The van der Waals surface area contributed by atoms with Crippen molar-refractivity contribution >= 4 is 5.91 Å². The molecule has 0 aliphatic carbocycles.